The van der Waals surface area contributed by atoms with Crippen LogP contribution in [0.4, 0.5) is 0 Å². The van der Waals surface area contributed by atoms with Crippen LogP contribution in [0.2, 0.25) is 0 Å². The number of carbonyl (C=O) groups excluding carboxylic acids is 2. The van der Waals surface area contributed by atoms with Crippen molar-refractivity contribution in [2.24, 2.45) is 0 Å². The van der Waals surface area contributed by atoms with Crippen LogP contribution in [-0.4, -0.2) is 24.0 Å². The average molecular weight is 244 g/mol. The van der Waals surface area contributed by atoms with Gasteiger partial charge in [0.1, 0.15) is 11.9 Å². The molecule has 2 aliphatic heterocycles. The van der Waals surface area contributed by atoms with Gasteiger partial charge < -0.3 is 9.47 Å². The topological polar surface area (TPSA) is 52.6 Å². The van der Waals surface area contributed by atoms with Crippen LogP contribution in [0.1, 0.15) is 13.3 Å². The van der Waals surface area contributed by atoms with Gasteiger partial charge in [0, 0.05) is 29.2 Å². The van der Waals surface area contributed by atoms with Crippen molar-refractivity contribution in [3.63, 3.8) is 0 Å². The number of ether oxygens (including phenoxy) is 2. The highest BCUT2D eigenvalue weighted by Crippen LogP contribution is 2.47. The summed E-state index contributed by atoms with van der Waals surface area (Å²) in [7, 11) is 0. The lowest BCUT2D eigenvalue weighted by atomic mass is 9.94. The summed E-state index contributed by atoms with van der Waals surface area (Å²) < 4.78 is 10.7. The van der Waals surface area contributed by atoms with Crippen LogP contribution in [0.5, 0.6) is 0 Å². The summed E-state index contributed by atoms with van der Waals surface area (Å²) in [4.78, 5) is 22.7. The fourth-order valence-corrected chi connectivity index (χ4v) is 2.51. The molecular formula is C14H12O4. The molecule has 0 N–H and O–H groups in total. The van der Waals surface area contributed by atoms with E-state index in [0.717, 1.165) is 28.6 Å². The third-order valence-electron chi connectivity index (χ3n) is 3.29. The van der Waals surface area contributed by atoms with E-state index >= 15 is 0 Å². The molecule has 3 aliphatic rings. The van der Waals surface area contributed by atoms with E-state index in [1.54, 1.807) is 12.2 Å². The predicted molar refractivity (Wildman–Crippen MR) is 63.4 cm³/mol. The summed E-state index contributed by atoms with van der Waals surface area (Å²) >= 11 is 0. The van der Waals surface area contributed by atoms with Gasteiger partial charge in [0.2, 0.25) is 0 Å². The summed E-state index contributed by atoms with van der Waals surface area (Å²) in [5.74, 6) is 0.328. The zero-order valence-electron chi connectivity index (χ0n) is 9.93. The van der Waals surface area contributed by atoms with Gasteiger partial charge >= 0.3 is 5.97 Å². The van der Waals surface area contributed by atoms with E-state index < -0.39 is 5.97 Å². The predicted octanol–water partition coefficient (Wildman–Crippen LogP) is 1.60. The van der Waals surface area contributed by atoms with Crippen molar-refractivity contribution in [1.29, 1.82) is 0 Å². The van der Waals surface area contributed by atoms with E-state index in [4.69, 9.17) is 9.47 Å². The number of rotatable bonds is 4. The summed E-state index contributed by atoms with van der Waals surface area (Å²) in [5.41, 5.74) is 2.62. The van der Waals surface area contributed by atoms with Gasteiger partial charge in [-0.1, -0.05) is 6.58 Å². The van der Waals surface area contributed by atoms with E-state index in [2.05, 4.69) is 6.58 Å². The molecule has 0 saturated heterocycles. The molecule has 1 aliphatic carbocycles. The summed E-state index contributed by atoms with van der Waals surface area (Å²) in [5, 5.41) is 0. The number of hydrogen-bond acceptors (Lipinski definition) is 4. The maximum Gasteiger partial charge on any atom is 0.330 e. The minimum absolute atomic E-state index is 0.0238. The van der Waals surface area contributed by atoms with Crippen LogP contribution >= 0.6 is 0 Å². The summed E-state index contributed by atoms with van der Waals surface area (Å²) in [6.45, 7) is 5.16. The molecule has 0 saturated carbocycles. The van der Waals surface area contributed by atoms with Crippen molar-refractivity contribution in [1.82, 2.24) is 0 Å². The second-order valence-corrected chi connectivity index (χ2v) is 4.56. The SMILES string of the molecule is C=CC(=O)OC(C)CC1=C2C=C3C(=O)C=C1C3O2. The minimum Gasteiger partial charge on any atom is -0.481 e. The van der Waals surface area contributed by atoms with Gasteiger partial charge in [-0.05, 0) is 19.1 Å². The molecule has 0 aromatic heterocycles. The monoisotopic (exact) mass is 244 g/mol. The van der Waals surface area contributed by atoms with Crippen LogP contribution in [0.3, 0.4) is 0 Å². The van der Waals surface area contributed by atoms with Crippen molar-refractivity contribution >= 4 is 11.8 Å². The first-order valence-electron chi connectivity index (χ1n) is 5.81. The van der Waals surface area contributed by atoms with Crippen LogP contribution in [0.25, 0.3) is 0 Å². The van der Waals surface area contributed by atoms with Crippen molar-refractivity contribution in [3.8, 4) is 0 Å². The second-order valence-electron chi connectivity index (χ2n) is 4.56. The molecule has 18 heavy (non-hydrogen) atoms. The summed E-state index contributed by atoms with van der Waals surface area (Å²) in [6.07, 6.45) is 4.63. The number of ketones is 1. The van der Waals surface area contributed by atoms with Crippen molar-refractivity contribution < 1.29 is 19.1 Å². The molecule has 0 aromatic carbocycles. The summed E-state index contributed by atoms with van der Waals surface area (Å²) in [6, 6.07) is 0. The number of carbonyl (C=O) groups is 2. The molecule has 2 bridgehead atoms. The van der Waals surface area contributed by atoms with Gasteiger partial charge in [0.15, 0.2) is 11.9 Å². The number of fused-ring (bicyclic) bond motifs is 1. The van der Waals surface area contributed by atoms with Crippen LogP contribution in [0.15, 0.2) is 47.3 Å². The molecule has 0 fully saturated rings. The highest BCUT2D eigenvalue weighted by atomic mass is 16.5. The molecule has 3 rings (SSSR count). The van der Waals surface area contributed by atoms with E-state index in [1.807, 2.05) is 6.92 Å². The van der Waals surface area contributed by atoms with Gasteiger partial charge in [-0.15, -0.1) is 0 Å². The van der Waals surface area contributed by atoms with E-state index in [9.17, 15) is 9.59 Å². The molecule has 4 heteroatoms. The molecule has 2 atom stereocenters. The molecule has 0 radical (unpaired) electrons. The maximum atomic E-state index is 11.6. The highest BCUT2D eigenvalue weighted by molar-refractivity contribution is 6.11. The van der Waals surface area contributed by atoms with Gasteiger partial charge in [-0.2, -0.15) is 0 Å². The first-order chi connectivity index (χ1) is 8.60. The minimum atomic E-state index is -0.440. The average Bonchev–Trinajstić information content (AvgIpc) is 2.93. The lowest BCUT2D eigenvalue weighted by Gasteiger charge is -2.14. The molecule has 0 aromatic rings. The van der Waals surface area contributed by atoms with Crippen LogP contribution < -0.4 is 0 Å². The van der Waals surface area contributed by atoms with E-state index in [1.165, 1.54) is 0 Å². The third kappa shape index (κ3) is 1.45. The first kappa shape index (κ1) is 11.0. The molecule has 2 heterocycles. The second kappa shape index (κ2) is 3.70. The standard InChI is InChI=1S/C14H12O4/c1-3-13(16)17-7(2)4-8-9-5-11(15)10-6-12(8)18-14(9)10/h3,5-7,14H,1,4H2,2H3. The Labute approximate surface area is 104 Å². The maximum absolute atomic E-state index is 11.6. The van der Waals surface area contributed by atoms with Crippen molar-refractivity contribution in [2.75, 3.05) is 0 Å². The zero-order chi connectivity index (χ0) is 12.9. The Balaban J connectivity index is 1.78. The Bertz CT molecular complexity index is 562. The Hall–Kier alpha value is -2.10. The van der Waals surface area contributed by atoms with Crippen molar-refractivity contribution in [2.45, 2.75) is 25.6 Å². The quantitative estimate of drug-likeness (QED) is 0.556. The van der Waals surface area contributed by atoms with Crippen LogP contribution in [-0.2, 0) is 19.1 Å². The van der Waals surface area contributed by atoms with Crippen LogP contribution in [0, 0.1) is 0 Å². The molecule has 2 unspecified atom stereocenters. The fraction of sp³-hybridized carbons (Fsp3) is 0.286. The number of hydrogen-bond donors (Lipinski definition) is 0. The fourth-order valence-electron chi connectivity index (χ4n) is 2.51. The van der Waals surface area contributed by atoms with E-state index in [0.29, 0.717) is 6.42 Å². The Kier molecular flexibility index (Phi) is 2.26. The lowest BCUT2D eigenvalue weighted by molar-refractivity contribution is -0.142. The van der Waals surface area contributed by atoms with Gasteiger partial charge in [-0.25, -0.2) is 4.79 Å². The third-order valence-corrected chi connectivity index (χ3v) is 3.29. The molecule has 92 valence electrons. The molecular weight excluding hydrogens is 232 g/mol. The smallest absolute Gasteiger partial charge is 0.330 e. The number of esters is 1. The highest BCUT2D eigenvalue weighted by Gasteiger charge is 2.45. The van der Waals surface area contributed by atoms with E-state index in [-0.39, 0.29) is 18.0 Å². The van der Waals surface area contributed by atoms with Gasteiger partial charge in [0.05, 0.1) is 0 Å². The number of allylic oxidation sites excluding steroid dienone is 2. The lowest BCUT2D eigenvalue weighted by Crippen LogP contribution is -2.15. The molecule has 0 spiro atoms. The Morgan fingerprint density at radius 3 is 3.06 bits per heavy atom. The Morgan fingerprint density at radius 2 is 2.33 bits per heavy atom. The largest absolute Gasteiger partial charge is 0.481 e. The first-order valence-corrected chi connectivity index (χ1v) is 5.81. The van der Waals surface area contributed by atoms with Gasteiger partial charge in [0.25, 0.3) is 0 Å². The van der Waals surface area contributed by atoms with Crippen molar-refractivity contribution in [3.05, 3.63) is 47.3 Å². The zero-order valence-corrected chi connectivity index (χ0v) is 9.93. The molecule has 0 amide bonds. The van der Waals surface area contributed by atoms with Gasteiger partial charge in [-0.3, -0.25) is 4.79 Å². The normalized spacial score (nSPS) is 24.7. The Morgan fingerprint density at radius 1 is 1.56 bits per heavy atom. The molecule has 4 nitrogen and oxygen atoms in total.